The van der Waals surface area contributed by atoms with Crippen LogP contribution >= 0.6 is 0 Å². The fourth-order valence-corrected chi connectivity index (χ4v) is 2.08. The largest absolute Gasteiger partial charge is 0.406 e. The van der Waals surface area contributed by atoms with Gasteiger partial charge in [-0.05, 0) is 31.9 Å². The lowest BCUT2D eigenvalue weighted by atomic mass is 9.71. The van der Waals surface area contributed by atoms with Gasteiger partial charge in [0.2, 0.25) is 0 Å². The molecule has 0 fully saturated rings. The summed E-state index contributed by atoms with van der Waals surface area (Å²) in [5.41, 5.74) is -9.83. The zero-order valence-electron chi connectivity index (χ0n) is 12.2. The van der Waals surface area contributed by atoms with Crippen LogP contribution in [0.4, 0.5) is 39.5 Å². The van der Waals surface area contributed by atoms with Gasteiger partial charge in [-0.25, -0.2) is 0 Å². The average molecular weight is 352 g/mol. The van der Waals surface area contributed by atoms with Gasteiger partial charge in [0.1, 0.15) is 0 Å². The van der Waals surface area contributed by atoms with Crippen LogP contribution in [-0.2, 0) is 10.8 Å². The molecule has 0 atom stereocenters. The van der Waals surface area contributed by atoms with Gasteiger partial charge in [0.25, 0.3) is 0 Å². The van der Waals surface area contributed by atoms with Gasteiger partial charge in [0, 0.05) is 0 Å². The van der Waals surface area contributed by atoms with E-state index in [9.17, 15) is 39.5 Å². The molecule has 0 aliphatic carbocycles. The van der Waals surface area contributed by atoms with E-state index < -0.39 is 40.5 Å². The molecule has 0 saturated heterocycles. The van der Waals surface area contributed by atoms with Gasteiger partial charge in [-0.15, -0.1) is 0 Å². The molecule has 0 saturated carbocycles. The highest BCUT2D eigenvalue weighted by Gasteiger charge is 2.69. The predicted octanol–water partition coefficient (Wildman–Crippen LogP) is 5.91. The average Bonchev–Trinajstić information content (AvgIpc) is 2.33. The Kier molecular flexibility index (Phi) is 4.53. The standard InChI is InChI=1S/C14H13F9/c1-10(2,12(15,16)17)8-6-4-5-7-9(8)11(3,13(18,19)20)14(21,22)23/h4-7H,1-3H3. The number of rotatable bonds is 2. The molecule has 0 radical (unpaired) electrons. The number of hydrogen-bond acceptors (Lipinski definition) is 0. The van der Waals surface area contributed by atoms with Crippen molar-refractivity contribution in [2.24, 2.45) is 0 Å². The van der Waals surface area contributed by atoms with Gasteiger partial charge in [-0.1, -0.05) is 24.3 Å². The lowest BCUT2D eigenvalue weighted by Gasteiger charge is -2.39. The highest BCUT2D eigenvalue weighted by Crippen LogP contribution is 2.55. The first-order chi connectivity index (χ1) is 9.98. The second-order valence-electron chi connectivity index (χ2n) is 5.79. The van der Waals surface area contributed by atoms with Crippen molar-refractivity contribution in [3.63, 3.8) is 0 Å². The van der Waals surface area contributed by atoms with Gasteiger partial charge < -0.3 is 0 Å². The Balaban J connectivity index is 3.81. The molecule has 0 spiro atoms. The van der Waals surface area contributed by atoms with Crippen molar-refractivity contribution >= 4 is 0 Å². The molecule has 1 aromatic carbocycles. The van der Waals surface area contributed by atoms with E-state index in [0.29, 0.717) is 26.0 Å². The molecule has 0 N–H and O–H groups in total. The topological polar surface area (TPSA) is 0 Å². The third-order valence-corrected chi connectivity index (χ3v) is 3.98. The Labute approximate surface area is 126 Å². The van der Waals surface area contributed by atoms with Gasteiger partial charge in [0.15, 0.2) is 5.41 Å². The summed E-state index contributed by atoms with van der Waals surface area (Å²) in [5, 5.41) is 0. The van der Waals surface area contributed by atoms with Crippen molar-refractivity contribution in [2.45, 2.75) is 50.1 Å². The van der Waals surface area contributed by atoms with Gasteiger partial charge in [-0.2, -0.15) is 39.5 Å². The minimum absolute atomic E-state index is 0.154. The van der Waals surface area contributed by atoms with Crippen molar-refractivity contribution in [3.8, 4) is 0 Å². The van der Waals surface area contributed by atoms with Crippen molar-refractivity contribution in [2.75, 3.05) is 0 Å². The number of halogens is 9. The summed E-state index contributed by atoms with van der Waals surface area (Å²) in [4.78, 5) is 0. The molecule has 0 aliphatic rings. The highest BCUT2D eigenvalue weighted by molar-refractivity contribution is 5.42. The van der Waals surface area contributed by atoms with Gasteiger partial charge >= 0.3 is 18.5 Å². The van der Waals surface area contributed by atoms with Gasteiger partial charge in [0.05, 0.1) is 5.41 Å². The molecule has 0 nitrogen and oxygen atoms in total. The summed E-state index contributed by atoms with van der Waals surface area (Å²) in [6, 6.07) is 2.89. The minimum atomic E-state index is -5.82. The molecular weight excluding hydrogens is 339 g/mol. The predicted molar refractivity (Wildman–Crippen MR) is 65.0 cm³/mol. The van der Waals surface area contributed by atoms with Crippen LogP contribution in [0.2, 0.25) is 0 Å². The van der Waals surface area contributed by atoms with E-state index in [-0.39, 0.29) is 6.92 Å². The van der Waals surface area contributed by atoms with E-state index in [0.717, 1.165) is 12.1 Å². The summed E-state index contributed by atoms with van der Waals surface area (Å²) in [7, 11) is 0. The second kappa shape index (κ2) is 5.31. The van der Waals surface area contributed by atoms with E-state index >= 15 is 0 Å². The SMILES string of the molecule is CC(C)(c1ccccc1C(C)(C(F)(F)F)C(F)(F)F)C(F)(F)F. The van der Waals surface area contributed by atoms with Crippen LogP contribution in [0.3, 0.4) is 0 Å². The van der Waals surface area contributed by atoms with E-state index in [4.69, 9.17) is 0 Å². The summed E-state index contributed by atoms with van der Waals surface area (Å²) in [5.74, 6) is 0. The van der Waals surface area contributed by atoms with E-state index in [2.05, 4.69) is 0 Å². The fraction of sp³-hybridized carbons (Fsp3) is 0.571. The molecule has 1 aromatic rings. The van der Waals surface area contributed by atoms with Crippen molar-refractivity contribution in [1.82, 2.24) is 0 Å². The maximum Gasteiger partial charge on any atom is 0.406 e. The molecule has 0 aliphatic heterocycles. The van der Waals surface area contributed by atoms with Crippen molar-refractivity contribution < 1.29 is 39.5 Å². The molecule has 0 heterocycles. The Bertz CT molecular complexity index is 547. The lowest BCUT2D eigenvalue weighted by Crippen LogP contribution is -2.53. The van der Waals surface area contributed by atoms with E-state index in [1.165, 1.54) is 0 Å². The molecule has 0 bridgehead atoms. The minimum Gasteiger partial charge on any atom is -0.170 e. The third kappa shape index (κ3) is 3.01. The van der Waals surface area contributed by atoms with Gasteiger partial charge in [-0.3, -0.25) is 0 Å². The molecule has 0 aromatic heterocycles. The summed E-state index contributed by atoms with van der Waals surface area (Å²) in [6.45, 7) is 0.927. The van der Waals surface area contributed by atoms with Crippen LogP contribution in [0, 0.1) is 0 Å². The second-order valence-corrected chi connectivity index (χ2v) is 5.79. The molecule has 9 heteroatoms. The van der Waals surface area contributed by atoms with E-state index in [1.54, 1.807) is 0 Å². The molecule has 132 valence electrons. The Morgan fingerprint density at radius 1 is 0.565 bits per heavy atom. The van der Waals surface area contributed by atoms with Crippen LogP contribution in [0.1, 0.15) is 31.9 Å². The number of hydrogen-bond donors (Lipinski definition) is 0. The van der Waals surface area contributed by atoms with Crippen LogP contribution in [0.25, 0.3) is 0 Å². The van der Waals surface area contributed by atoms with Crippen molar-refractivity contribution in [3.05, 3.63) is 35.4 Å². The lowest BCUT2D eigenvalue weighted by molar-refractivity contribution is -0.298. The zero-order chi connectivity index (χ0) is 18.5. The van der Waals surface area contributed by atoms with Crippen LogP contribution in [0.5, 0.6) is 0 Å². The quantitative estimate of drug-likeness (QED) is 0.581. The molecule has 23 heavy (non-hydrogen) atoms. The maximum absolute atomic E-state index is 13.1. The van der Waals surface area contributed by atoms with Crippen molar-refractivity contribution in [1.29, 1.82) is 0 Å². The van der Waals surface area contributed by atoms with E-state index in [1.807, 2.05) is 0 Å². The Morgan fingerprint density at radius 2 is 0.913 bits per heavy atom. The zero-order valence-corrected chi connectivity index (χ0v) is 12.2. The number of alkyl halides is 9. The maximum atomic E-state index is 13.1. The highest BCUT2D eigenvalue weighted by atomic mass is 19.4. The summed E-state index contributed by atoms with van der Waals surface area (Å²) < 4.78 is 118. The molecule has 0 unspecified atom stereocenters. The smallest absolute Gasteiger partial charge is 0.170 e. The Hall–Kier alpha value is -1.41. The molecular formula is C14H13F9. The van der Waals surface area contributed by atoms with Crippen LogP contribution in [-0.4, -0.2) is 18.5 Å². The summed E-state index contributed by atoms with van der Waals surface area (Å²) >= 11 is 0. The molecule has 1 rings (SSSR count). The fourth-order valence-electron chi connectivity index (χ4n) is 2.08. The Morgan fingerprint density at radius 3 is 1.22 bits per heavy atom. The first-order valence-electron chi connectivity index (χ1n) is 6.28. The normalized spacial score (nSPS) is 15.0. The van der Waals surface area contributed by atoms with Crippen LogP contribution in [0.15, 0.2) is 24.3 Å². The first kappa shape index (κ1) is 19.6. The summed E-state index contributed by atoms with van der Waals surface area (Å²) in [6.07, 6.45) is -16.7. The molecule has 0 amide bonds. The monoisotopic (exact) mass is 352 g/mol. The third-order valence-electron chi connectivity index (χ3n) is 3.98. The van der Waals surface area contributed by atoms with Crippen LogP contribution < -0.4 is 0 Å². The number of benzene rings is 1. The first-order valence-corrected chi connectivity index (χ1v) is 6.28.